The van der Waals surface area contributed by atoms with Crippen LogP contribution in [0.2, 0.25) is 0 Å². The number of amides is 3. The van der Waals surface area contributed by atoms with Crippen LogP contribution in [0.1, 0.15) is 43.4 Å². The fourth-order valence-corrected chi connectivity index (χ4v) is 5.92. The SMILES string of the molecule is N#Cc1ncc(N2C(=O)C3(CCC3)N(c3ccc(OC4CCN(C(N)=O)CC4)cc3)C2S)cc1C(F)(F)F. The first kappa shape index (κ1) is 26.0. The number of benzene rings is 1. The molecule has 13 heteroatoms. The van der Waals surface area contributed by atoms with Crippen LogP contribution in [0, 0.1) is 11.3 Å². The maximum Gasteiger partial charge on any atom is 0.419 e. The van der Waals surface area contributed by atoms with Crippen LogP contribution in [0.15, 0.2) is 36.5 Å². The molecule has 3 aliphatic rings. The highest BCUT2D eigenvalue weighted by atomic mass is 32.1. The van der Waals surface area contributed by atoms with Crippen molar-refractivity contribution in [1.29, 1.82) is 5.26 Å². The number of likely N-dealkylation sites (tertiary alicyclic amines) is 1. The van der Waals surface area contributed by atoms with Gasteiger partial charge in [0.05, 0.1) is 17.4 Å². The summed E-state index contributed by atoms with van der Waals surface area (Å²) in [6.45, 7) is 1.04. The number of aromatic nitrogens is 1. The number of nitriles is 1. The largest absolute Gasteiger partial charge is 0.490 e. The predicted molar refractivity (Wildman–Crippen MR) is 135 cm³/mol. The van der Waals surface area contributed by atoms with Crippen molar-refractivity contribution in [2.75, 3.05) is 22.9 Å². The summed E-state index contributed by atoms with van der Waals surface area (Å²) in [6, 6.07) is 8.95. The normalized spacial score (nSPS) is 21.4. The Kier molecular flexibility index (Phi) is 6.54. The van der Waals surface area contributed by atoms with Gasteiger partial charge in [-0.05, 0) is 49.6 Å². The average Bonchev–Trinajstić information content (AvgIpc) is 3.10. The predicted octanol–water partition coefficient (Wildman–Crippen LogP) is 3.88. The number of carbonyl (C=O) groups excluding carboxylic acids is 2. The summed E-state index contributed by atoms with van der Waals surface area (Å²) in [7, 11) is 0. The van der Waals surface area contributed by atoms with Gasteiger partial charge >= 0.3 is 12.2 Å². The van der Waals surface area contributed by atoms with Crippen LogP contribution in [-0.4, -0.2) is 52.1 Å². The van der Waals surface area contributed by atoms with E-state index in [0.29, 0.717) is 50.2 Å². The van der Waals surface area contributed by atoms with Crippen molar-refractivity contribution in [2.24, 2.45) is 5.73 Å². The van der Waals surface area contributed by atoms with Gasteiger partial charge in [-0.1, -0.05) is 0 Å². The lowest BCUT2D eigenvalue weighted by atomic mass is 9.75. The third-order valence-electron chi connectivity index (χ3n) is 7.45. The Balaban J connectivity index is 1.38. The van der Waals surface area contributed by atoms with Gasteiger partial charge in [-0.3, -0.25) is 9.69 Å². The quantitative estimate of drug-likeness (QED) is 0.563. The smallest absolute Gasteiger partial charge is 0.419 e. The second-order valence-electron chi connectivity index (χ2n) is 9.61. The van der Waals surface area contributed by atoms with Crippen molar-refractivity contribution in [3.63, 3.8) is 0 Å². The van der Waals surface area contributed by atoms with Crippen molar-refractivity contribution in [3.8, 4) is 11.8 Å². The molecule has 5 rings (SSSR count). The van der Waals surface area contributed by atoms with Gasteiger partial charge in [-0.15, -0.1) is 12.6 Å². The second-order valence-corrected chi connectivity index (χ2v) is 10.1. The summed E-state index contributed by atoms with van der Waals surface area (Å²) in [4.78, 5) is 33.2. The Labute approximate surface area is 222 Å². The summed E-state index contributed by atoms with van der Waals surface area (Å²) < 4.78 is 46.8. The fraction of sp³-hybridized carbons (Fsp3) is 0.440. The highest BCUT2D eigenvalue weighted by Crippen LogP contribution is 2.50. The van der Waals surface area contributed by atoms with E-state index < -0.39 is 34.5 Å². The first-order valence-electron chi connectivity index (χ1n) is 12.1. The highest BCUT2D eigenvalue weighted by Gasteiger charge is 2.60. The van der Waals surface area contributed by atoms with Crippen molar-refractivity contribution < 1.29 is 27.5 Å². The highest BCUT2D eigenvalue weighted by molar-refractivity contribution is 7.81. The molecule has 3 amide bonds. The van der Waals surface area contributed by atoms with E-state index in [9.17, 15) is 22.8 Å². The molecule has 0 radical (unpaired) electrons. The molecule has 1 aromatic heterocycles. The molecule has 1 spiro atoms. The molecule has 1 atom stereocenters. The van der Waals surface area contributed by atoms with E-state index in [-0.39, 0.29) is 17.7 Å². The van der Waals surface area contributed by atoms with Gasteiger partial charge in [-0.25, -0.2) is 9.78 Å². The van der Waals surface area contributed by atoms with E-state index in [1.807, 2.05) is 4.90 Å². The van der Waals surface area contributed by atoms with Gasteiger partial charge in [-0.2, -0.15) is 18.4 Å². The van der Waals surface area contributed by atoms with Gasteiger partial charge in [0.25, 0.3) is 5.91 Å². The number of urea groups is 1. The van der Waals surface area contributed by atoms with E-state index in [0.717, 1.165) is 18.7 Å². The summed E-state index contributed by atoms with van der Waals surface area (Å²) in [6.07, 6.45) is -0.600. The first-order valence-corrected chi connectivity index (χ1v) is 12.7. The van der Waals surface area contributed by atoms with Gasteiger partial charge in [0.15, 0.2) is 11.2 Å². The molecule has 1 aromatic carbocycles. The lowest BCUT2D eigenvalue weighted by molar-refractivity contribution is -0.138. The van der Waals surface area contributed by atoms with E-state index in [1.54, 1.807) is 29.2 Å². The van der Waals surface area contributed by atoms with Gasteiger partial charge in [0.2, 0.25) is 0 Å². The summed E-state index contributed by atoms with van der Waals surface area (Å²) in [5.41, 5.74) is 2.16. The Morgan fingerprint density at radius 1 is 1.18 bits per heavy atom. The fourth-order valence-electron chi connectivity index (χ4n) is 5.33. The van der Waals surface area contributed by atoms with E-state index in [1.165, 1.54) is 11.0 Å². The number of alkyl halides is 3. The maximum absolute atomic E-state index is 13.6. The number of nitrogens with two attached hydrogens (primary N) is 1. The number of primary amides is 1. The topological polar surface area (TPSA) is 116 Å². The molecule has 9 nitrogen and oxygen atoms in total. The number of ether oxygens (including phenoxy) is 1. The van der Waals surface area contributed by atoms with E-state index in [4.69, 9.17) is 15.7 Å². The van der Waals surface area contributed by atoms with Crippen LogP contribution in [0.4, 0.5) is 29.3 Å². The van der Waals surface area contributed by atoms with Crippen LogP contribution in [-0.2, 0) is 11.0 Å². The summed E-state index contributed by atoms with van der Waals surface area (Å²) >= 11 is 4.66. The van der Waals surface area contributed by atoms with Crippen molar-refractivity contribution in [3.05, 3.63) is 47.8 Å². The first-order chi connectivity index (χ1) is 18.0. The zero-order valence-electron chi connectivity index (χ0n) is 20.2. The van der Waals surface area contributed by atoms with Gasteiger partial charge in [0.1, 0.15) is 23.5 Å². The number of halogens is 3. The van der Waals surface area contributed by atoms with Crippen molar-refractivity contribution in [2.45, 2.75) is 55.4 Å². The maximum atomic E-state index is 13.6. The van der Waals surface area contributed by atoms with Crippen LogP contribution >= 0.6 is 12.6 Å². The molecular formula is C25H25F3N6O3S. The van der Waals surface area contributed by atoms with Crippen LogP contribution in [0.3, 0.4) is 0 Å². The number of piperidine rings is 1. The number of pyridine rings is 1. The Morgan fingerprint density at radius 2 is 1.84 bits per heavy atom. The Hall–Kier alpha value is -3.66. The number of thiol groups is 1. The van der Waals surface area contributed by atoms with E-state index in [2.05, 4.69) is 17.6 Å². The number of hydrogen-bond donors (Lipinski definition) is 2. The standard InChI is InChI=1S/C25H25F3N6O3S/c26-25(27,28)19-12-16(14-31-20(19)13-29)33-21(35)24(8-1-9-24)34(23(33)38)15-2-4-17(5-3-15)37-18-6-10-32(11-7-18)22(30)36/h2-5,12,14,18,23,38H,1,6-11H2,(H2,30,36). The molecule has 2 saturated heterocycles. The molecule has 3 heterocycles. The molecular weight excluding hydrogens is 521 g/mol. The van der Waals surface area contributed by atoms with E-state index >= 15 is 0 Å². The number of carbonyl (C=O) groups is 2. The zero-order chi connectivity index (χ0) is 27.2. The molecule has 200 valence electrons. The Morgan fingerprint density at radius 3 is 2.37 bits per heavy atom. The number of rotatable bonds is 4. The minimum absolute atomic E-state index is 0.0670. The minimum Gasteiger partial charge on any atom is -0.490 e. The summed E-state index contributed by atoms with van der Waals surface area (Å²) in [5, 5.41) is 9.08. The monoisotopic (exact) mass is 546 g/mol. The van der Waals surface area contributed by atoms with Gasteiger partial charge < -0.3 is 20.3 Å². The molecule has 1 saturated carbocycles. The van der Waals surface area contributed by atoms with Gasteiger partial charge in [0, 0.05) is 31.6 Å². The minimum atomic E-state index is -4.80. The second kappa shape index (κ2) is 9.58. The lowest BCUT2D eigenvalue weighted by Crippen LogP contribution is -2.55. The lowest BCUT2D eigenvalue weighted by Gasteiger charge is -2.44. The average molecular weight is 547 g/mol. The third-order valence-corrected chi connectivity index (χ3v) is 7.92. The molecule has 38 heavy (non-hydrogen) atoms. The molecule has 1 aliphatic carbocycles. The van der Waals surface area contributed by atoms with Crippen LogP contribution < -0.4 is 20.3 Å². The molecule has 0 bridgehead atoms. The molecule has 2 aromatic rings. The molecule has 2 N–H and O–H groups in total. The third kappa shape index (κ3) is 4.36. The van der Waals surface area contributed by atoms with Crippen LogP contribution in [0.5, 0.6) is 5.75 Å². The molecule has 2 aliphatic heterocycles. The van der Waals surface area contributed by atoms with Crippen molar-refractivity contribution >= 4 is 35.9 Å². The zero-order valence-corrected chi connectivity index (χ0v) is 21.1. The summed E-state index contributed by atoms with van der Waals surface area (Å²) in [5.74, 6) is 0.267. The number of nitrogens with zero attached hydrogens (tertiary/aromatic N) is 5. The van der Waals surface area contributed by atoms with Crippen LogP contribution in [0.25, 0.3) is 0 Å². The number of hydrogen-bond acceptors (Lipinski definition) is 7. The molecule has 1 unspecified atom stereocenters. The molecule has 3 fully saturated rings. The van der Waals surface area contributed by atoms with Crippen molar-refractivity contribution in [1.82, 2.24) is 9.88 Å². The number of anilines is 2. The Bertz CT molecular complexity index is 1290.